The largest absolute Gasteiger partial charge is 0.456 e. The van der Waals surface area contributed by atoms with Crippen molar-refractivity contribution in [3.63, 3.8) is 0 Å². The summed E-state index contributed by atoms with van der Waals surface area (Å²) in [4.78, 5) is 0. The smallest absolute Gasteiger partial charge is 0.136 e. The van der Waals surface area contributed by atoms with Crippen molar-refractivity contribution in [2.45, 2.75) is 13.8 Å². The van der Waals surface area contributed by atoms with Gasteiger partial charge in [-0.15, -0.1) is 0 Å². The topological polar surface area (TPSA) is 13.1 Å². The summed E-state index contributed by atoms with van der Waals surface area (Å²) in [5, 5.41) is 4.98. The number of benzene rings is 3. The van der Waals surface area contributed by atoms with Crippen molar-refractivity contribution in [2.24, 2.45) is 0 Å². The van der Waals surface area contributed by atoms with E-state index in [-0.39, 0.29) is 0 Å². The lowest BCUT2D eigenvalue weighted by molar-refractivity contribution is 0.668. The van der Waals surface area contributed by atoms with E-state index in [4.69, 9.17) is 4.42 Å². The standard InChI is InChI=1S/C18H14O/c1-11-9-15-17(10-12(11)2)19-16-8-7-13-5-3-4-6-14(13)18(15)16/h3-10H,1-2H3. The van der Waals surface area contributed by atoms with Gasteiger partial charge < -0.3 is 4.42 Å². The first-order chi connectivity index (χ1) is 9.24. The molecule has 3 aromatic carbocycles. The van der Waals surface area contributed by atoms with Crippen molar-refractivity contribution in [2.75, 3.05) is 0 Å². The average Bonchev–Trinajstić information content (AvgIpc) is 2.77. The number of hydrogen-bond donors (Lipinski definition) is 0. The van der Waals surface area contributed by atoms with E-state index in [9.17, 15) is 0 Å². The Bertz CT molecular complexity index is 929. The third-order valence-electron chi connectivity index (χ3n) is 3.98. The van der Waals surface area contributed by atoms with Crippen LogP contribution in [0.5, 0.6) is 0 Å². The molecule has 0 saturated carbocycles. The van der Waals surface area contributed by atoms with Crippen LogP contribution in [0.4, 0.5) is 0 Å². The highest BCUT2D eigenvalue weighted by atomic mass is 16.3. The SMILES string of the molecule is Cc1cc2oc3ccc4ccccc4c3c2cc1C. The molecule has 0 saturated heterocycles. The maximum atomic E-state index is 6.00. The van der Waals surface area contributed by atoms with Crippen molar-refractivity contribution >= 4 is 32.7 Å². The van der Waals surface area contributed by atoms with E-state index in [0.717, 1.165) is 11.2 Å². The Kier molecular flexibility index (Phi) is 2.02. The average molecular weight is 246 g/mol. The molecule has 0 aliphatic carbocycles. The number of aryl methyl sites for hydroxylation is 2. The van der Waals surface area contributed by atoms with Crippen LogP contribution in [-0.4, -0.2) is 0 Å². The van der Waals surface area contributed by atoms with Gasteiger partial charge in [-0.2, -0.15) is 0 Å². The minimum Gasteiger partial charge on any atom is -0.456 e. The molecule has 0 radical (unpaired) electrons. The summed E-state index contributed by atoms with van der Waals surface area (Å²) in [6.45, 7) is 4.28. The molecule has 19 heavy (non-hydrogen) atoms. The van der Waals surface area contributed by atoms with Gasteiger partial charge in [0, 0.05) is 10.8 Å². The van der Waals surface area contributed by atoms with Crippen molar-refractivity contribution in [3.05, 3.63) is 59.7 Å². The molecule has 0 fully saturated rings. The first-order valence-electron chi connectivity index (χ1n) is 6.55. The van der Waals surface area contributed by atoms with Gasteiger partial charge in [0.1, 0.15) is 11.2 Å². The van der Waals surface area contributed by atoms with E-state index in [1.54, 1.807) is 0 Å². The zero-order chi connectivity index (χ0) is 13.0. The van der Waals surface area contributed by atoms with Crippen molar-refractivity contribution < 1.29 is 4.42 Å². The lowest BCUT2D eigenvalue weighted by Crippen LogP contribution is -1.79. The van der Waals surface area contributed by atoms with E-state index in [0.29, 0.717) is 0 Å². The van der Waals surface area contributed by atoms with Gasteiger partial charge >= 0.3 is 0 Å². The van der Waals surface area contributed by atoms with Gasteiger partial charge in [-0.25, -0.2) is 0 Å². The predicted octanol–water partition coefficient (Wildman–Crippen LogP) is 5.36. The van der Waals surface area contributed by atoms with E-state index in [1.807, 2.05) is 0 Å². The summed E-state index contributed by atoms with van der Waals surface area (Å²) in [5.41, 5.74) is 4.53. The third-order valence-corrected chi connectivity index (χ3v) is 3.98. The van der Waals surface area contributed by atoms with Crippen molar-refractivity contribution in [3.8, 4) is 0 Å². The first-order valence-corrected chi connectivity index (χ1v) is 6.55. The second-order valence-corrected chi connectivity index (χ2v) is 5.19. The molecule has 0 bridgehead atoms. The summed E-state index contributed by atoms with van der Waals surface area (Å²) in [6, 6.07) is 17.1. The van der Waals surface area contributed by atoms with Crippen LogP contribution in [0.1, 0.15) is 11.1 Å². The summed E-state index contributed by atoms with van der Waals surface area (Å²) >= 11 is 0. The Hall–Kier alpha value is -2.28. The van der Waals surface area contributed by atoms with Crippen LogP contribution in [0, 0.1) is 13.8 Å². The Morgan fingerprint density at radius 3 is 2.42 bits per heavy atom. The quantitative estimate of drug-likeness (QED) is 0.407. The summed E-state index contributed by atoms with van der Waals surface area (Å²) < 4.78 is 6.00. The number of rotatable bonds is 0. The molecular formula is C18H14O. The molecule has 4 rings (SSSR count). The Morgan fingerprint density at radius 2 is 1.53 bits per heavy atom. The maximum Gasteiger partial charge on any atom is 0.136 e. The van der Waals surface area contributed by atoms with Gasteiger partial charge in [0.05, 0.1) is 0 Å². The summed E-state index contributed by atoms with van der Waals surface area (Å²) in [6.07, 6.45) is 0. The van der Waals surface area contributed by atoms with Gasteiger partial charge in [-0.1, -0.05) is 30.3 Å². The van der Waals surface area contributed by atoms with E-state index >= 15 is 0 Å². The first kappa shape index (κ1) is 10.6. The molecule has 0 aliphatic heterocycles. The third kappa shape index (κ3) is 1.42. The van der Waals surface area contributed by atoms with Gasteiger partial charge in [0.25, 0.3) is 0 Å². The summed E-state index contributed by atoms with van der Waals surface area (Å²) in [5.74, 6) is 0. The minimum absolute atomic E-state index is 0.971. The highest BCUT2D eigenvalue weighted by Crippen LogP contribution is 2.35. The number of furan rings is 1. The fourth-order valence-corrected chi connectivity index (χ4v) is 2.80. The zero-order valence-corrected chi connectivity index (χ0v) is 11.0. The van der Waals surface area contributed by atoms with E-state index in [1.165, 1.54) is 32.7 Å². The van der Waals surface area contributed by atoms with E-state index < -0.39 is 0 Å². The molecule has 0 unspecified atom stereocenters. The number of fused-ring (bicyclic) bond motifs is 5. The van der Waals surface area contributed by atoms with Gasteiger partial charge in [-0.3, -0.25) is 0 Å². The van der Waals surface area contributed by atoms with Crippen LogP contribution in [0.15, 0.2) is 52.9 Å². The van der Waals surface area contributed by atoms with Crippen molar-refractivity contribution in [1.29, 1.82) is 0 Å². The monoisotopic (exact) mass is 246 g/mol. The van der Waals surface area contributed by atoms with Gasteiger partial charge in [0.2, 0.25) is 0 Å². The molecule has 1 aromatic heterocycles. The van der Waals surface area contributed by atoms with Crippen LogP contribution in [0.3, 0.4) is 0 Å². The van der Waals surface area contributed by atoms with Gasteiger partial charge in [0.15, 0.2) is 0 Å². The summed E-state index contributed by atoms with van der Waals surface area (Å²) in [7, 11) is 0. The highest BCUT2D eigenvalue weighted by molar-refractivity contribution is 6.18. The molecule has 92 valence electrons. The van der Waals surface area contributed by atoms with Crippen LogP contribution in [-0.2, 0) is 0 Å². The molecular weight excluding hydrogens is 232 g/mol. The molecule has 1 heteroatoms. The minimum atomic E-state index is 0.971. The molecule has 4 aromatic rings. The highest BCUT2D eigenvalue weighted by Gasteiger charge is 2.11. The Labute approximate surface area is 111 Å². The normalized spacial score (nSPS) is 11.7. The maximum absolute atomic E-state index is 6.00. The zero-order valence-electron chi connectivity index (χ0n) is 11.0. The molecule has 0 aliphatic rings. The number of hydrogen-bond acceptors (Lipinski definition) is 1. The van der Waals surface area contributed by atoms with Gasteiger partial charge in [-0.05, 0) is 53.9 Å². The van der Waals surface area contributed by atoms with Crippen LogP contribution in [0.2, 0.25) is 0 Å². The van der Waals surface area contributed by atoms with Crippen molar-refractivity contribution in [1.82, 2.24) is 0 Å². The van der Waals surface area contributed by atoms with E-state index in [2.05, 4.69) is 62.4 Å². The Balaban J connectivity index is 2.32. The molecule has 1 nitrogen and oxygen atoms in total. The fraction of sp³-hybridized carbons (Fsp3) is 0.111. The lowest BCUT2D eigenvalue weighted by atomic mass is 10.0. The molecule has 0 amide bonds. The second-order valence-electron chi connectivity index (χ2n) is 5.19. The molecule has 0 atom stereocenters. The Morgan fingerprint density at radius 1 is 0.737 bits per heavy atom. The van der Waals surface area contributed by atoms with Crippen LogP contribution in [0.25, 0.3) is 32.7 Å². The predicted molar refractivity (Wildman–Crippen MR) is 80.7 cm³/mol. The molecule has 0 N–H and O–H groups in total. The second kappa shape index (κ2) is 3.61. The fourth-order valence-electron chi connectivity index (χ4n) is 2.80. The van der Waals surface area contributed by atoms with Crippen LogP contribution >= 0.6 is 0 Å². The lowest BCUT2D eigenvalue weighted by Gasteiger charge is -2.00. The molecule has 0 spiro atoms. The van der Waals surface area contributed by atoms with Crippen LogP contribution < -0.4 is 0 Å². The molecule has 1 heterocycles.